The molecule has 8 nitrogen and oxygen atoms in total. The molecule has 0 aromatic heterocycles. The van der Waals surface area contributed by atoms with Crippen molar-refractivity contribution in [1.29, 1.82) is 0 Å². The van der Waals surface area contributed by atoms with E-state index in [9.17, 15) is 8.42 Å². The van der Waals surface area contributed by atoms with E-state index in [-0.39, 0.29) is 0 Å². The maximum absolute atomic E-state index is 9.99. The third kappa shape index (κ3) is 8.20. The van der Waals surface area contributed by atoms with E-state index >= 15 is 0 Å². The van der Waals surface area contributed by atoms with Gasteiger partial charge in [0.15, 0.2) is 0 Å². The Morgan fingerprint density at radius 1 is 1.11 bits per heavy atom. The molecular formula is C8H7BrN6O2S. The van der Waals surface area contributed by atoms with Gasteiger partial charge in [0.2, 0.25) is 0 Å². The summed E-state index contributed by atoms with van der Waals surface area (Å²) in [5.41, 5.74) is 16.3. The summed E-state index contributed by atoms with van der Waals surface area (Å²) in [6.07, 6.45) is 2.00. The van der Waals surface area contributed by atoms with Crippen LogP contribution in [0.3, 0.4) is 0 Å². The monoisotopic (exact) mass is 330 g/mol. The standard InChI is InChI=1S/C8H7Br.N6O2S/c9-7-6-8-4-2-1-3-5-8;1-3-5-9(7,8)6-4-2/h1-7H;. The highest BCUT2D eigenvalue weighted by atomic mass is 79.9. The summed E-state index contributed by atoms with van der Waals surface area (Å²) in [4.78, 5) is 5.65. The fourth-order valence-corrected chi connectivity index (χ4v) is 1.27. The van der Waals surface area contributed by atoms with Crippen molar-refractivity contribution < 1.29 is 8.42 Å². The number of halogens is 1. The predicted molar refractivity (Wildman–Crippen MR) is 71.6 cm³/mol. The Bertz CT molecular complexity index is 563. The summed E-state index contributed by atoms with van der Waals surface area (Å²) >= 11 is 3.21. The summed E-state index contributed by atoms with van der Waals surface area (Å²) < 4.78 is 24.3. The van der Waals surface area contributed by atoms with E-state index in [0.717, 1.165) is 0 Å². The summed E-state index contributed by atoms with van der Waals surface area (Å²) in [6.45, 7) is 0. The fourth-order valence-electron chi connectivity index (χ4n) is 0.746. The molecule has 0 saturated heterocycles. The highest BCUT2D eigenvalue weighted by molar-refractivity contribution is 9.11. The van der Waals surface area contributed by atoms with Crippen molar-refractivity contribution in [3.8, 4) is 0 Å². The zero-order valence-corrected chi connectivity index (χ0v) is 11.2. The number of hydrogen-bond acceptors (Lipinski definition) is 2. The second-order valence-corrected chi connectivity index (χ2v) is 4.24. The van der Waals surface area contributed by atoms with Gasteiger partial charge in [0.25, 0.3) is 0 Å². The Balaban J connectivity index is 0.000000321. The van der Waals surface area contributed by atoms with Crippen molar-refractivity contribution in [1.82, 2.24) is 0 Å². The van der Waals surface area contributed by atoms with E-state index in [1.165, 1.54) is 5.56 Å². The van der Waals surface area contributed by atoms with Gasteiger partial charge in [-0.2, -0.15) is 0 Å². The van der Waals surface area contributed by atoms with Gasteiger partial charge in [-0.05, 0) is 27.7 Å². The van der Waals surface area contributed by atoms with Crippen LogP contribution in [0.1, 0.15) is 5.56 Å². The second kappa shape index (κ2) is 9.08. The molecule has 0 aliphatic heterocycles. The van der Waals surface area contributed by atoms with Gasteiger partial charge in [-0.1, -0.05) is 46.3 Å². The zero-order valence-electron chi connectivity index (χ0n) is 8.83. The zero-order chi connectivity index (χ0) is 13.9. The SMILES string of the molecule is BrC=Cc1ccccc1.[N-]=[N+]=NS(=O)(=O)N=[N+]=[N-]. The van der Waals surface area contributed by atoms with Gasteiger partial charge in [-0.25, -0.2) is 8.42 Å². The topological polar surface area (TPSA) is 132 Å². The maximum atomic E-state index is 9.99. The number of hydrogen-bond donors (Lipinski definition) is 0. The highest BCUT2D eigenvalue weighted by Gasteiger charge is 1.99. The van der Waals surface area contributed by atoms with Crippen LogP contribution in [-0.2, 0) is 10.2 Å². The average Bonchev–Trinajstić information content (AvgIpc) is 2.31. The summed E-state index contributed by atoms with van der Waals surface area (Å²) in [7, 11) is -4.27. The molecule has 0 atom stereocenters. The van der Waals surface area contributed by atoms with Crippen molar-refractivity contribution in [2.24, 2.45) is 9.04 Å². The van der Waals surface area contributed by atoms with Gasteiger partial charge in [-0.15, -0.1) is 0 Å². The minimum absolute atomic E-state index is 1.22. The van der Waals surface area contributed by atoms with Crippen LogP contribution in [0.25, 0.3) is 27.0 Å². The van der Waals surface area contributed by atoms with Crippen LogP contribution >= 0.6 is 15.9 Å². The molecule has 0 aliphatic rings. The molecule has 1 aromatic rings. The first kappa shape index (κ1) is 16.0. The normalized spacial score (nSPS) is 9.61. The van der Waals surface area contributed by atoms with Gasteiger partial charge >= 0.3 is 10.2 Å². The van der Waals surface area contributed by atoms with Crippen molar-refractivity contribution in [3.63, 3.8) is 0 Å². The second-order valence-electron chi connectivity index (χ2n) is 2.49. The van der Waals surface area contributed by atoms with E-state index in [1.807, 2.05) is 39.1 Å². The number of benzene rings is 1. The van der Waals surface area contributed by atoms with E-state index in [1.54, 1.807) is 0 Å². The summed E-state index contributed by atoms with van der Waals surface area (Å²) in [5.74, 6) is 0. The molecule has 0 bridgehead atoms. The number of azide groups is 1. The van der Waals surface area contributed by atoms with Crippen molar-refractivity contribution in [2.75, 3.05) is 0 Å². The Morgan fingerprint density at radius 3 is 2.00 bits per heavy atom. The van der Waals surface area contributed by atoms with Crippen LogP contribution in [0, 0.1) is 0 Å². The van der Waals surface area contributed by atoms with Crippen LogP contribution in [0.4, 0.5) is 0 Å². The Labute approximate surface area is 112 Å². The lowest BCUT2D eigenvalue weighted by Gasteiger charge is -1.86. The first-order chi connectivity index (χ1) is 8.55. The number of nitrogens with zero attached hydrogens (tertiary/aromatic N) is 6. The van der Waals surface area contributed by atoms with Crippen molar-refractivity contribution in [3.05, 3.63) is 61.8 Å². The highest BCUT2D eigenvalue weighted by Crippen LogP contribution is 2.01. The van der Waals surface area contributed by atoms with E-state index < -0.39 is 10.2 Å². The molecule has 10 heteroatoms. The van der Waals surface area contributed by atoms with E-state index in [2.05, 4.69) is 37.1 Å². The van der Waals surface area contributed by atoms with E-state index in [4.69, 9.17) is 11.1 Å². The largest absolute Gasteiger partial charge is 0.321 e. The molecule has 0 unspecified atom stereocenters. The van der Waals surface area contributed by atoms with Crippen molar-refractivity contribution in [2.45, 2.75) is 0 Å². The minimum atomic E-state index is -4.27. The molecule has 0 spiro atoms. The molecule has 94 valence electrons. The van der Waals surface area contributed by atoms with Gasteiger partial charge in [-0.3, -0.25) is 0 Å². The molecule has 0 aliphatic carbocycles. The molecule has 0 N–H and O–H groups in total. The smallest absolute Gasteiger partial charge is 0.213 e. The first-order valence-electron chi connectivity index (χ1n) is 4.25. The first-order valence-corrected chi connectivity index (χ1v) is 6.56. The lowest BCUT2D eigenvalue weighted by atomic mass is 10.2. The van der Waals surface area contributed by atoms with Gasteiger partial charge in [0.1, 0.15) is 0 Å². The van der Waals surface area contributed by atoms with Gasteiger partial charge in [0.05, 0.1) is 0 Å². The maximum Gasteiger partial charge on any atom is 0.321 e. The van der Waals surface area contributed by atoms with Crippen LogP contribution in [0.5, 0.6) is 0 Å². The van der Waals surface area contributed by atoms with Crippen LogP contribution in [-0.4, -0.2) is 8.42 Å². The van der Waals surface area contributed by atoms with Gasteiger partial charge in [0, 0.05) is 18.9 Å². The third-order valence-electron chi connectivity index (χ3n) is 1.33. The fraction of sp³-hybridized carbons (Fsp3) is 0. The Morgan fingerprint density at radius 2 is 1.61 bits per heavy atom. The lowest BCUT2D eigenvalue weighted by molar-refractivity contribution is 0.599. The Hall–Kier alpha value is -1.99. The molecule has 0 amide bonds. The molecule has 0 saturated carbocycles. The quantitative estimate of drug-likeness (QED) is 0.472. The minimum Gasteiger partial charge on any atom is -0.213 e. The predicted octanol–water partition coefficient (Wildman–Crippen LogP) is 3.90. The lowest BCUT2D eigenvalue weighted by Crippen LogP contribution is -1.82. The van der Waals surface area contributed by atoms with Crippen LogP contribution in [0.2, 0.25) is 0 Å². The van der Waals surface area contributed by atoms with Gasteiger partial charge < -0.3 is 0 Å². The molecule has 0 heterocycles. The molecular weight excluding hydrogens is 324 g/mol. The van der Waals surface area contributed by atoms with E-state index in [0.29, 0.717) is 0 Å². The van der Waals surface area contributed by atoms with Crippen molar-refractivity contribution >= 4 is 32.2 Å². The van der Waals surface area contributed by atoms with Crippen LogP contribution in [0.15, 0.2) is 44.4 Å². The molecule has 18 heavy (non-hydrogen) atoms. The molecule has 1 aromatic carbocycles. The summed E-state index contributed by atoms with van der Waals surface area (Å²) in [6, 6.07) is 10.1. The Kier molecular flexibility index (Phi) is 8.08. The molecule has 1 rings (SSSR count). The number of rotatable bonds is 3. The summed E-state index contributed by atoms with van der Waals surface area (Å²) in [5, 5.41) is 0. The van der Waals surface area contributed by atoms with Crippen LogP contribution < -0.4 is 0 Å². The third-order valence-corrected chi connectivity index (χ3v) is 2.16. The molecule has 0 fully saturated rings. The molecule has 0 radical (unpaired) electrons. The average molecular weight is 331 g/mol.